The molecule has 372 valence electrons. The smallest absolute Gasteiger partial charge is 0.333 e. The lowest BCUT2D eigenvalue weighted by Gasteiger charge is -2.39. The average molecular weight is 959 g/mol. The van der Waals surface area contributed by atoms with Crippen LogP contribution in [-0.4, -0.2) is 81.9 Å². The van der Waals surface area contributed by atoms with E-state index in [-0.39, 0.29) is 28.6 Å². The molecule has 0 amide bonds. The zero-order valence-corrected chi connectivity index (χ0v) is 46.1. The number of ether oxygens (including phenoxy) is 5. The van der Waals surface area contributed by atoms with Crippen molar-refractivity contribution in [3.8, 4) is 33.8 Å². The molecule has 3 rings (SSSR count). The van der Waals surface area contributed by atoms with Crippen molar-refractivity contribution in [3.63, 3.8) is 0 Å². The monoisotopic (exact) mass is 959 g/mol. The van der Waals surface area contributed by atoms with Gasteiger partial charge in [0.15, 0.2) is 16.6 Å². The van der Waals surface area contributed by atoms with Crippen LogP contribution in [0.3, 0.4) is 0 Å². The van der Waals surface area contributed by atoms with Gasteiger partial charge in [-0.25, -0.2) is 9.59 Å². The molecule has 3 aromatic carbocycles. The summed E-state index contributed by atoms with van der Waals surface area (Å²) in [5.41, 5.74) is 8.09. The van der Waals surface area contributed by atoms with Gasteiger partial charge in [-0.3, -0.25) is 0 Å². The Morgan fingerprint density at radius 1 is 0.672 bits per heavy atom. The summed E-state index contributed by atoms with van der Waals surface area (Å²) < 4.78 is 42.9. The van der Waals surface area contributed by atoms with Gasteiger partial charge in [0, 0.05) is 49.6 Å². The Labute approximate surface area is 407 Å². The Hall–Kier alpha value is -4.01. The average Bonchev–Trinajstić information content (AvgIpc) is 3.27. The lowest BCUT2D eigenvalue weighted by Crippen LogP contribution is -2.44. The van der Waals surface area contributed by atoms with Gasteiger partial charge in [-0.2, -0.15) is 0 Å². The van der Waals surface area contributed by atoms with Gasteiger partial charge in [-0.05, 0) is 159 Å². The third-order valence-corrected chi connectivity index (χ3v) is 22.2. The number of benzene rings is 3. The van der Waals surface area contributed by atoms with E-state index in [0.717, 1.165) is 71.4 Å². The molecule has 0 fully saturated rings. The van der Waals surface area contributed by atoms with Crippen LogP contribution in [0.25, 0.3) is 28.3 Å². The molecule has 3 aromatic rings. The summed E-state index contributed by atoms with van der Waals surface area (Å²) in [7, 11) is -2.36. The van der Waals surface area contributed by atoms with E-state index in [1.54, 1.807) is 21.0 Å². The zero-order valence-electron chi connectivity index (χ0n) is 44.1. The predicted molar refractivity (Wildman–Crippen MR) is 282 cm³/mol. The maximum Gasteiger partial charge on any atom is 0.333 e. The largest absolute Gasteiger partial charge is 0.494 e. The first-order valence-corrected chi connectivity index (χ1v) is 30.4. The molecule has 0 aliphatic carbocycles. The van der Waals surface area contributed by atoms with Gasteiger partial charge in [-0.15, -0.1) is 0 Å². The summed E-state index contributed by atoms with van der Waals surface area (Å²) in [5.74, 6) is 0.883. The first kappa shape index (κ1) is 57.3. The van der Waals surface area contributed by atoms with Gasteiger partial charge in [0.1, 0.15) is 11.5 Å². The fourth-order valence-electron chi connectivity index (χ4n) is 6.75. The van der Waals surface area contributed by atoms with E-state index in [9.17, 15) is 9.59 Å². The first-order chi connectivity index (χ1) is 31.4. The fourth-order valence-corrected chi connectivity index (χ4v) is 8.92. The number of carbonyl (C=O) groups excluding carboxylic acids is 2. The van der Waals surface area contributed by atoms with E-state index in [1.807, 2.05) is 25.1 Å². The molecule has 0 heterocycles. The highest BCUT2D eigenvalue weighted by Crippen LogP contribution is 2.40. The summed E-state index contributed by atoms with van der Waals surface area (Å²) in [5, 5.41) is 0.147. The van der Waals surface area contributed by atoms with E-state index in [2.05, 4.69) is 124 Å². The lowest BCUT2D eigenvalue weighted by atomic mass is 9.90. The van der Waals surface area contributed by atoms with Crippen LogP contribution in [0.15, 0.2) is 72.3 Å². The highest BCUT2D eigenvalue weighted by atomic mass is 28.4. The maximum atomic E-state index is 13.3. The van der Waals surface area contributed by atoms with Crippen molar-refractivity contribution in [2.24, 2.45) is 5.92 Å². The van der Waals surface area contributed by atoms with Gasteiger partial charge in [0.2, 0.25) is 0 Å². The SMILES string of the molecule is C=C(C)C(=O)OCCCc1cc(-c2ccc(-c3ccc(OCCCCOC)cc3)cc2CC)cc(C=C(C)C(=O)OCCC)c1OCCC(CO[Si](C)(C)C(C)(C)C)CO[Si](C)(C)C(C)(C)C. The predicted octanol–water partition coefficient (Wildman–Crippen LogP) is 14.2. The third-order valence-electron chi connectivity index (χ3n) is 13.2. The topological polar surface area (TPSA) is 98.8 Å². The number of rotatable bonds is 28. The van der Waals surface area contributed by atoms with Crippen LogP contribution >= 0.6 is 0 Å². The van der Waals surface area contributed by atoms with Crippen molar-refractivity contribution in [2.45, 2.75) is 150 Å². The zero-order chi connectivity index (χ0) is 50.0. The summed E-state index contributed by atoms with van der Waals surface area (Å²) in [6.07, 6.45) is 7.17. The Morgan fingerprint density at radius 3 is 1.82 bits per heavy atom. The Kier molecular flexibility index (Phi) is 22.8. The van der Waals surface area contributed by atoms with E-state index < -0.39 is 22.6 Å². The van der Waals surface area contributed by atoms with E-state index in [4.69, 9.17) is 32.5 Å². The number of unbranched alkanes of at least 4 members (excludes halogenated alkanes) is 1. The molecule has 0 bridgehead atoms. The molecule has 0 saturated carbocycles. The fraction of sp³-hybridized carbons (Fsp3) is 0.571. The van der Waals surface area contributed by atoms with Crippen molar-refractivity contribution in [1.82, 2.24) is 0 Å². The molecule has 11 heteroatoms. The molecule has 0 atom stereocenters. The molecular weight excluding hydrogens is 873 g/mol. The van der Waals surface area contributed by atoms with Crippen molar-refractivity contribution in [2.75, 3.05) is 53.4 Å². The van der Waals surface area contributed by atoms with Gasteiger partial charge in [0.05, 0.1) is 26.4 Å². The molecular formula is C56H86O9Si2. The second kappa shape index (κ2) is 26.7. The number of esters is 2. The molecule has 0 unspecified atom stereocenters. The molecule has 67 heavy (non-hydrogen) atoms. The Morgan fingerprint density at radius 2 is 1.25 bits per heavy atom. The molecule has 0 aromatic heterocycles. The minimum Gasteiger partial charge on any atom is -0.494 e. The van der Waals surface area contributed by atoms with Crippen LogP contribution in [0.4, 0.5) is 0 Å². The minimum absolute atomic E-state index is 0.0734. The second-order valence-electron chi connectivity index (χ2n) is 21.0. The van der Waals surface area contributed by atoms with Crippen LogP contribution in [0, 0.1) is 5.92 Å². The van der Waals surface area contributed by atoms with E-state index in [0.29, 0.717) is 69.2 Å². The summed E-state index contributed by atoms with van der Waals surface area (Å²) in [6, 6.07) is 19.2. The molecule has 0 saturated heterocycles. The molecule has 0 N–H and O–H groups in total. The normalized spacial score (nSPS) is 12.6. The molecule has 0 aliphatic rings. The second-order valence-corrected chi connectivity index (χ2v) is 30.6. The standard InChI is InChI=1S/C56H86O9Si2/c1-17-30-62-54(58)42(5)35-49-38-48(51-28-25-46(36-44(51)18-2)45-23-26-50(27-24-45)60-32-20-19-31-59-12)37-47(22-21-33-63-53(57)41(3)4)52(49)61-34-29-43(39-64-66(13,14)55(6,7)8)40-65-67(15,16)56(9,10)11/h23-28,35-38,43H,3,17-22,29-34,39-40H2,1-2,4-16H3. The maximum absolute atomic E-state index is 13.3. The molecule has 9 nitrogen and oxygen atoms in total. The Balaban J connectivity index is 2.12. The highest BCUT2D eigenvalue weighted by Gasteiger charge is 2.39. The van der Waals surface area contributed by atoms with Crippen molar-refractivity contribution >= 4 is 34.6 Å². The Bertz CT molecular complexity index is 2040. The number of hydrogen-bond acceptors (Lipinski definition) is 9. The van der Waals surface area contributed by atoms with Gasteiger partial charge in [-0.1, -0.05) is 92.3 Å². The van der Waals surface area contributed by atoms with Crippen LogP contribution in [0.5, 0.6) is 11.5 Å². The third kappa shape index (κ3) is 18.1. The van der Waals surface area contributed by atoms with Crippen molar-refractivity contribution < 1.29 is 42.1 Å². The minimum atomic E-state index is -2.04. The lowest BCUT2D eigenvalue weighted by molar-refractivity contribution is -0.139. The van der Waals surface area contributed by atoms with Crippen LogP contribution in [0.1, 0.15) is 118 Å². The summed E-state index contributed by atoms with van der Waals surface area (Å²) >= 11 is 0. The van der Waals surface area contributed by atoms with E-state index in [1.165, 1.54) is 5.56 Å². The number of carbonyl (C=O) groups is 2. The van der Waals surface area contributed by atoms with Crippen LogP contribution in [-0.2, 0) is 45.5 Å². The summed E-state index contributed by atoms with van der Waals surface area (Å²) in [4.78, 5) is 25.7. The van der Waals surface area contributed by atoms with Crippen molar-refractivity contribution in [3.05, 3.63) is 89.0 Å². The van der Waals surface area contributed by atoms with Gasteiger partial charge >= 0.3 is 11.9 Å². The number of hydrogen-bond donors (Lipinski definition) is 0. The van der Waals surface area contributed by atoms with E-state index >= 15 is 0 Å². The van der Waals surface area contributed by atoms with Gasteiger partial charge < -0.3 is 32.5 Å². The molecule has 0 spiro atoms. The molecule has 0 aliphatic heterocycles. The number of methoxy groups -OCH3 is 1. The quantitative estimate of drug-likeness (QED) is 0.0305. The highest BCUT2D eigenvalue weighted by molar-refractivity contribution is 6.74. The number of aryl methyl sites for hydroxylation is 2. The van der Waals surface area contributed by atoms with Crippen LogP contribution in [0.2, 0.25) is 36.3 Å². The van der Waals surface area contributed by atoms with Crippen LogP contribution < -0.4 is 9.47 Å². The first-order valence-electron chi connectivity index (χ1n) is 24.6. The molecule has 0 radical (unpaired) electrons. The van der Waals surface area contributed by atoms with Crippen molar-refractivity contribution in [1.29, 1.82) is 0 Å². The summed E-state index contributed by atoms with van der Waals surface area (Å²) in [6.45, 7) is 37.7. The van der Waals surface area contributed by atoms with Gasteiger partial charge in [0.25, 0.3) is 0 Å².